The third-order valence-corrected chi connectivity index (χ3v) is 2.92. The molecule has 0 saturated heterocycles. The maximum atomic E-state index is 11.8. The Hall–Kier alpha value is -2.24. The number of carboxylic acid groups (broad SMARTS) is 1. The molecule has 1 atom stereocenters. The van der Waals surface area contributed by atoms with Crippen molar-refractivity contribution in [2.24, 2.45) is 5.92 Å². The Morgan fingerprint density at radius 3 is 2.45 bits per heavy atom. The second kappa shape index (κ2) is 7.37. The van der Waals surface area contributed by atoms with Crippen LogP contribution in [0.25, 0.3) is 0 Å². The average molecular weight is 280 g/mol. The number of rotatable bonds is 6. The first-order chi connectivity index (χ1) is 9.43. The van der Waals surface area contributed by atoms with Crippen molar-refractivity contribution in [1.82, 2.24) is 10.2 Å². The highest BCUT2D eigenvalue weighted by Gasteiger charge is 2.16. The highest BCUT2D eigenvalue weighted by Crippen LogP contribution is 2.11. The van der Waals surface area contributed by atoms with Gasteiger partial charge in [-0.2, -0.15) is 0 Å². The van der Waals surface area contributed by atoms with E-state index in [0.29, 0.717) is 6.54 Å². The smallest absolute Gasteiger partial charge is 0.317 e. The minimum absolute atomic E-state index is 0.170. The fraction of sp³-hybridized carbons (Fsp3) is 0.429. The summed E-state index contributed by atoms with van der Waals surface area (Å²) in [6, 6.07) is 7.06. The number of carbonyl (C=O) groups excluding carboxylic acids is 1. The Morgan fingerprint density at radius 2 is 1.95 bits per heavy atom. The number of aliphatic carboxylic acids is 1. The van der Waals surface area contributed by atoms with Crippen molar-refractivity contribution in [3.8, 4) is 5.75 Å². The van der Waals surface area contributed by atoms with Crippen LogP contribution in [0.15, 0.2) is 24.3 Å². The number of nitrogens with zero attached hydrogens (tertiary/aromatic N) is 1. The van der Waals surface area contributed by atoms with E-state index >= 15 is 0 Å². The van der Waals surface area contributed by atoms with Gasteiger partial charge in [0, 0.05) is 20.1 Å². The molecule has 1 rings (SSSR count). The van der Waals surface area contributed by atoms with Crippen LogP contribution in [-0.4, -0.2) is 42.7 Å². The molecule has 1 unspecified atom stereocenters. The lowest BCUT2D eigenvalue weighted by Crippen LogP contribution is -2.40. The van der Waals surface area contributed by atoms with Crippen LogP contribution in [0.2, 0.25) is 0 Å². The van der Waals surface area contributed by atoms with Crippen molar-refractivity contribution in [2.75, 3.05) is 20.7 Å². The number of ether oxygens (including phenoxy) is 1. The Morgan fingerprint density at radius 1 is 1.35 bits per heavy atom. The summed E-state index contributed by atoms with van der Waals surface area (Å²) in [5.74, 6) is -0.751. The molecule has 0 radical (unpaired) electrons. The van der Waals surface area contributed by atoms with Gasteiger partial charge in [0.15, 0.2) is 0 Å². The fourth-order valence-corrected chi connectivity index (χ4v) is 1.63. The van der Waals surface area contributed by atoms with Crippen LogP contribution in [0, 0.1) is 5.92 Å². The summed E-state index contributed by atoms with van der Waals surface area (Å²) in [4.78, 5) is 23.9. The molecular weight excluding hydrogens is 260 g/mol. The molecule has 6 heteroatoms. The van der Waals surface area contributed by atoms with E-state index in [0.717, 1.165) is 11.3 Å². The number of carbonyl (C=O) groups is 2. The van der Waals surface area contributed by atoms with Gasteiger partial charge in [0.2, 0.25) is 0 Å². The predicted molar refractivity (Wildman–Crippen MR) is 74.7 cm³/mol. The van der Waals surface area contributed by atoms with E-state index < -0.39 is 11.9 Å². The standard InChI is InChI=1S/C14H20N2O4/c1-10(13(17)18)9-16(2)14(19)15-8-11-4-6-12(20-3)7-5-11/h4-7,10H,8-9H2,1-3H3,(H,15,19)(H,17,18). The quantitative estimate of drug-likeness (QED) is 0.828. The molecule has 0 aliphatic rings. The summed E-state index contributed by atoms with van der Waals surface area (Å²) in [6.07, 6.45) is 0. The van der Waals surface area contributed by atoms with Crippen LogP contribution in [0.4, 0.5) is 4.79 Å². The highest BCUT2D eigenvalue weighted by atomic mass is 16.5. The zero-order valence-corrected chi connectivity index (χ0v) is 11.9. The van der Waals surface area contributed by atoms with Gasteiger partial charge in [-0.25, -0.2) is 4.79 Å². The topological polar surface area (TPSA) is 78.9 Å². The fourth-order valence-electron chi connectivity index (χ4n) is 1.63. The molecule has 6 nitrogen and oxygen atoms in total. The van der Waals surface area contributed by atoms with E-state index in [1.165, 1.54) is 4.90 Å². The van der Waals surface area contributed by atoms with E-state index in [4.69, 9.17) is 9.84 Å². The number of hydrogen-bond donors (Lipinski definition) is 2. The first kappa shape index (κ1) is 15.8. The first-order valence-electron chi connectivity index (χ1n) is 6.28. The molecule has 1 aromatic rings. The highest BCUT2D eigenvalue weighted by molar-refractivity contribution is 5.75. The van der Waals surface area contributed by atoms with Gasteiger partial charge < -0.3 is 20.1 Å². The van der Waals surface area contributed by atoms with Gasteiger partial charge in [0.25, 0.3) is 0 Å². The minimum Gasteiger partial charge on any atom is -0.497 e. The molecule has 1 aromatic carbocycles. The van der Waals surface area contributed by atoms with Crippen LogP contribution >= 0.6 is 0 Å². The third kappa shape index (κ3) is 4.79. The van der Waals surface area contributed by atoms with Crippen molar-refractivity contribution in [3.05, 3.63) is 29.8 Å². The maximum Gasteiger partial charge on any atom is 0.317 e. The Kier molecular flexibility index (Phi) is 5.83. The van der Waals surface area contributed by atoms with Crippen LogP contribution in [0.3, 0.4) is 0 Å². The molecule has 20 heavy (non-hydrogen) atoms. The summed E-state index contributed by atoms with van der Waals surface area (Å²) in [5.41, 5.74) is 0.943. The molecular formula is C14H20N2O4. The third-order valence-electron chi connectivity index (χ3n) is 2.92. The van der Waals surface area contributed by atoms with Crippen LogP contribution in [0.1, 0.15) is 12.5 Å². The normalized spacial score (nSPS) is 11.6. The first-order valence-corrected chi connectivity index (χ1v) is 6.28. The number of benzene rings is 1. The second-order valence-electron chi connectivity index (χ2n) is 4.63. The Balaban J connectivity index is 2.43. The number of carboxylic acids is 1. The molecule has 0 spiro atoms. The van der Waals surface area contributed by atoms with Gasteiger partial charge in [-0.1, -0.05) is 19.1 Å². The Labute approximate surface area is 118 Å². The van der Waals surface area contributed by atoms with E-state index in [1.807, 2.05) is 24.3 Å². The lowest BCUT2D eigenvalue weighted by Gasteiger charge is -2.20. The van der Waals surface area contributed by atoms with E-state index in [9.17, 15) is 9.59 Å². The monoisotopic (exact) mass is 280 g/mol. The molecule has 0 aromatic heterocycles. The lowest BCUT2D eigenvalue weighted by molar-refractivity contribution is -0.141. The summed E-state index contributed by atoms with van der Waals surface area (Å²) in [6.45, 7) is 2.12. The van der Waals surface area contributed by atoms with Gasteiger partial charge in [0.1, 0.15) is 5.75 Å². The SMILES string of the molecule is COc1ccc(CNC(=O)N(C)CC(C)C(=O)O)cc1. The number of nitrogens with one attached hydrogen (secondary N) is 1. The molecule has 110 valence electrons. The number of urea groups is 1. The van der Waals surface area contributed by atoms with Crippen molar-refractivity contribution < 1.29 is 19.4 Å². The van der Waals surface area contributed by atoms with Gasteiger partial charge in [-0.3, -0.25) is 4.79 Å². The lowest BCUT2D eigenvalue weighted by atomic mass is 10.2. The average Bonchev–Trinajstić information content (AvgIpc) is 2.44. The molecule has 0 aliphatic carbocycles. The Bertz CT molecular complexity index is 459. The van der Waals surface area contributed by atoms with E-state index in [-0.39, 0.29) is 12.6 Å². The zero-order chi connectivity index (χ0) is 15.1. The minimum atomic E-state index is -0.917. The number of amides is 2. The number of methoxy groups -OCH3 is 1. The molecule has 0 saturated carbocycles. The molecule has 2 amide bonds. The summed E-state index contributed by atoms with van der Waals surface area (Å²) >= 11 is 0. The van der Waals surface area contributed by atoms with Crippen molar-refractivity contribution in [2.45, 2.75) is 13.5 Å². The molecule has 0 aliphatic heterocycles. The van der Waals surface area contributed by atoms with Gasteiger partial charge >= 0.3 is 12.0 Å². The van der Waals surface area contributed by atoms with Crippen molar-refractivity contribution >= 4 is 12.0 Å². The number of hydrogen-bond acceptors (Lipinski definition) is 3. The summed E-state index contributed by atoms with van der Waals surface area (Å²) < 4.78 is 5.05. The van der Waals surface area contributed by atoms with Crippen LogP contribution in [0.5, 0.6) is 5.75 Å². The van der Waals surface area contributed by atoms with E-state index in [2.05, 4.69) is 5.32 Å². The molecule has 0 heterocycles. The molecule has 0 bridgehead atoms. The largest absolute Gasteiger partial charge is 0.497 e. The van der Waals surface area contributed by atoms with Crippen LogP contribution in [-0.2, 0) is 11.3 Å². The van der Waals surface area contributed by atoms with Gasteiger partial charge in [-0.05, 0) is 17.7 Å². The van der Waals surface area contributed by atoms with Gasteiger partial charge in [-0.15, -0.1) is 0 Å². The van der Waals surface area contributed by atoms with Gasteiger partial charge in [0.05, 0.1) is 13.0 Å². The van der Waals surface area contributed by atoms with E-state index in [1.54, 1.807) is 21.1 Å². The molecule has 2 N–H and O–H groups in total. The van der Waals surface area contributed by atoms with Crippen LogP contribution < -0.4 is 10.1 Å². The predicted octanol–water partition coefficient (Wildman–Crippen LogP) is 1.56. The maximum absolute atomic E-state index is 11.8. The summed E-state index contributed by atoms with van der Waals surface area (Å²) in [7, 11) is 3.16. The van der Waals surface area contributed by atoms with Crippen molar-refractivity contribution in [3.63, 3.8) is 0 Å². The van der Waals surface area contributed by atoms with Crippen molar-refractivity contribution in [1.29, 1.82) is 0 Å². The summed E-state index contributed by atoms with van der Waals surface area (Å²) in [5, 5.41) is 11.5. The second-order valence-corrected chi connectivity index (χ2v) is 4.63. The zero-order valence-electron chi connectivity index (χ0n) is 11.9. The molecule has 0 fully saturated rings.